The van der Waals surface area contributed by atoms with Gasteiger partial charge in [-0.3, -0.25) is 0 Å². The highest BCUT2D eigenvalue weighted by atomic mass is 14.9. The fourth-order valence-electron chi connectivity index (χ4n) is 3.90. The average Bonchev–Trinajstić information content (AvgIpc) is 2.54. The minimum Gasteiger partial charge on any atom is -0.316 e. The summed E-state index contributed by atoms with van der Waals surface area (Å²) in [5, 5.41) is 3.61. The molecule has 1 aromatic carbocycles. The molecular formula is C20H33N. The largest absolute Gasteiger partial charge is 0.316 e. The molecule has 2 unspecified atom stereocenters. The average molecular weight is 287 g/mol. The van der Waals surface area contributed by atoms with Crippen LogP contribution in [-0.2, 0) is 6.42 Å². The maximum atomic E-state index is 3.61. The summed E-state index contributed by atoms with van der Waals surface area (Å²) in [7, 11) is 2.15. The predicted octanol–water partition coefficient (Wildman–Crippen LogP) is 5.45. The zero-order valence-electron chi connectivity index (χ0n) is 14.0. The maximum absolute atomic E-state index is 3.61. The van der Waals surface area contributed by atoms with Gasteiger partial charge in [0.1, 0.15) is 0 Å². The molecule has 21 heavy (non-hydrogen) atoms. The standard InChI is InChI=1S/C20H33N/c1-3-4-5-6-7-8-16-20(21-2)19-15-11-13-17-12-9-10-14-18(17)19/h9-10,12,14,19-21H,3-8,11,13,15-16H2,1-2H3. The highest BCUT2D eigenvalue weighted by Gasteiger charge is 2.26. The number of fused-ring (bicyclic) bond motifs is 1. The van der Waals surface area contributed by atoms with Crippen LogP contribution in [0.15, 0.2) is 24.3 Å². The van der Waals surface area contributed by atoms with E-state index in [1.807, 2.05) is 0 Å². The highest BCUT2D eigenvalue weighted by molar-refractivity contribution is 5.33. The van der Waals surface area contributed by atoms with E-state index in [2.05, 4.69) is 43.6 Å². The Morgan fingerprint density at radius 3 is 2.67 bits per heavy atom. The van der Waals surface area contributed by atoms with Crippen molar-refractivity contribution in [3.63, 3.8) is 0 Å². The summed E-state index contributed by atoms with van der Waals surface area (Å²) in [4.78, 5) is 0. The van der Waals surface area contributed by atoms with Crippen LogP contribution in [-0.4, -0.2) is 13.1 Å². The van der Waals surface area contributed by atoms with Gasteiger partial charge in [0.15, 0.2) is 0 Å². The van der Waals surface area contributed by atoms with Crippen molar-refractivity contribution >= 4 is 0 Å². The summed E-state index contributed by atoms with van der Waals surface area (Å²) < 4.78 is 0. The Balaban J connectivity index is 1.84. The molecule has 2 rings (SSSR count). The summed E-state index contributed by atoms with van der Waals surface area (Å²) >= 11 is 0. The summed E-state index contributed by atoms with van der Waals surface area (Å²) in [5.41, 5.74) is 3.21. The zero-order valence-corrected chi connectivity index (χ0v) is 14.0. The normalized spacial score (nSPS) is 19.2. The molecule has 0 saturated carbocycles. The Labute approximate surface area is 131 Å². The second-order valence-corrected chi connectivity index (χ2v) is 6.65. The fraction of sp³-hybridized carbons (Fsp3) is 0.700. The molecular weight excluding hydrogens is 254 g/mol. The van der Waals surface area contributed by atoms with E-state index in [1.54, 1.807) is 11.1 Å². The van der Waals surface area contributed by atoms with Crippen molar-refractivity contribution in [3.05, 3.63) is 35.4 Å². The third kappa shape index (κ3) is 4.85. The summed E-state index contributed by atoms with van der Waals surface area (Å²) in [6.45, 7) is 2.29. The first-order chi connectivity index (χ1) is 10.4. The molecule has 118 valence electrons. The van der Waals surface area contributed by atoms with Gasteiger partial charge in [-0.05, 0) is 49.8 Å². The molecule has 1 aliphatic rings. The first-order valence-corrected chi connectivity index (χ1v) is 9.12. The van der Waals surface area contributed by atoms with Gasteiger partial charge >= 0.3 is 0 Å². The lowest BCUT2D eigenvalue weighted by Gasteiger charge is -2.32. The van der Waals surface area contributed by atoms with E-state index in [0.717, 1.165) is 5.92 Å². The quantitative estimate of drug-likeness (QED) is 0.596. The summed E-state index contributed by atoms with van der Waals surface area (Å²) in [6.07, 6.45) is 13.7. The maximum Gasteiger partial charge on any atom is 0.0133 e. The number of likely N-dealkylation sites (N-methyl/N-ethyl adjacent to an activating group) is 1. The smallest absolute Gasteiger partial charge is 0.0133 e. The lowest BCUT2D eigenvalue weighted by Crippen LogP contribution is -2.34. The monoisotopic (exact) mass is 287 g/mol. The molecule has 1 nitrogen and oxygen atoms in total. The predicted molar refractivity (Wildman–Crippen MR) is 93.0 cm³/mol. The molecule has 0 amide bonds. The number of nitrogens with one attached hydrogen (secondary N) is 1. The molecule has 0 spiro atoms. The van der Waals surface area contributed by atoms with E-state index >= 15 is 0 Å². The summed E-state index contributed by atoms with van der Waals surface area (Å²) in [5.74, 6) is 0.732. The third-order valence-electron chi connectivity index (χ3n) is 5.14. The molecule has 0 fully saturated rings. The molecule has 1 N–H and O–H groups in total. The number of rotatable bonds is 9. The molecule has 0 radical (unpaired) electrons. The SMILES string of the molecule is CCCCCCCCC(NC)C1CCCc2ccccc21. The molecule has 1 aromatic rings. The summed E-state index contributed by atoms with van der Waals surface area (Å²) in [6, 6.07) is 9.78. The Hall–Kier alpha value is -0.820. The van der Waals surface area contributed by atoms with Crippen molar-refractivity contribution in [2.45, 2.75) is 83.1 Å². The van der Waals surface area contributed by atoms with Crippen LogP contribution < -0.4 is 5.32 Å². The minimum absolute atomic E-state index is 0.664. The van der Waals surface area contributed by atoms with E-state index in [9.17, 15) is 0 Å². The van der Waals surface area contributed by atoms with Crippen LogP contribution in [0.4, 0.5) is 0 Å². The van der Waals surface area contributed by atoms with Gasteiger partial charge in [-0.25, -0.2) is 0 Å². The van der Waals surface area contributed by atoms with Crippen LogP contribution in [0.3, 0.4) is 0 Å². The van der Waals surface area contributed by atoms with Crippen molar-refractivity contribution in [1.82, 2.24) is 5.32 Å². The molecule has 1 aliphatic carbocycles. The first kappa shape index (κ1) is 16.5. The Kier molecular flexibility index (Phi) is 7.29. The van der Waals surface area contributed by atoms with Crippen LogP contribution in [0, 0.1) is 0 Å². The number of unbranched alkanes of at least 4 members (excludes halogenated alkanes) is 5. The van der Waals surface area contributed by atoms with Crippen LogP contribution in [0.1, 0.15) is 81.8 Å². The van der Waals surface area contributed by atoms with E-state index in [4.69, 9.17) is 0 Å². The number of hydrogen-bond donors (Lipinski definition) is 1. The minimum atomic E-state index is 0.664. The molecule has 2 atom stereocenters. The van der Waals surface area contributed by atoms with E-state index < -0.39 is 0 Å². The van der Waals surface area contributed by atoms with Gasteiger partial charge in [-0.1, -0.05) is 69.7 Å². The van der Waals surface area contributed by atoms with Crippen molar-refractivity contribution < 1.29 is 0 Å². The van der Waals surface area contributed by atoms with Gasteiger partial charge in [0.25, 0.3) is 0 Å². The number of benzene rings is 1. The highest BCUT2D eigenvalue weighted by Crippen LogP contribution is 2.35. The third-order valence-corrected chi connectivity index (χ3v) is 5.14. The van der Waals surface area contributed by atoms with Gasteiger partial charge in [0.05, 0.1) is 0 Å². The van der Waals surface area contributed by atoms with Crippen LogP contribution in [0.25, 0.3) is 0 Å². The molecule has 0 bridgehead atoms. The molecule has 0 aromatic heterocycles. The molecule has 0 heterocycles. The van der Waals surface area contributed by atoms with Gasteiger partial charge < -0.3 is 5.32 Å². The van der Waals surface area contributed by atoms with E-state index in [0.29, 0.717) is 6.04 Å². The topological polar surface area (TPSA) is 12.0 Å². The number of hydrogen-bond acceptors (Lipinski definition) is 1. The van der Waals surface area contributed by atoms with Gasteiger partial charge in [0, 0.05) is 6.04 Å². The van der Waals surface area contributed by atoms with Crippen molar-refractivity contribution in [2.75, 3.05) is 7.05 Å². The Morgan fingerprint density at radius 1 is 1.10 bits per heavy atom. The van der Waals surface area contributed by atoms with E-state index in [-0.39, 0.29) is 0 Å². The van der Waals surface area contributed by atoms with Gasteiger partial charge in [0.2, 0.25) is 0 Å². The number of aryl methyl sites for hydroxylation is 1. The van der Waals surface area contributed by atoms with Crippen LogP contribution >= 0.6 is 0 Å². The zero-order chi connectivity index (χ0) is 14.9. The van der Waals surface area contributed by atoms with Crippen molar-refractivity contribution in [3.8, 4) is 0 Å². The lowest BCUT2D eigenvalue weighted by atomic mass is 9.77. The molecule has 1 heteroatoms. The second-order valence-electron chi connectivity index (χ2n) is 6.65. The van der Waals surface area contributed by atoms with Crippen molar-refractivity contribution in [2.24, 2.45) is 0 Å². The Morgan fingerprint density at radius 2 is 1.86 bits per heavy atom. The van der Waals surface area contributed by atoms with Crippen LogP contribution in [0.2, 0.25) is 0 Å². The molecule has 0 saturated heterocycles. The fourth-order valence-corrected chi connectivity index (χ4v) is 3.90. The Bertz CT molecular complexity index is 399. The van der Waals surface area contributed by atoms with Crippen LogP contribution in [0.5, 0.6) is 0 Å². The first-order valence-electron chi connectivity index (χ1n) is 9.12. The lowest BCUT2D eigenvalue weighted by molar-refractivity contribution is 0.380. The van der Waals surface area contributed by atoms with Gasteiger partial charge in [-0.2, -0.15) is 0 Å². The molecule has 0 aliphatic heterocycles. The van der Waals surface area contributed by atoms with E-state index in [1.165, 1.54) is 64.2 Å². The van der Waals surface area contributed by atoms with Gasteiger partial charge in [-0.15, -0.1) is 0 Å². The second kappa shape index (κ2) is 9.25. The van der Waals surface area contributed by atoms with Crippen molar-refractivity contribution in [1.29, 1.82) is 0 Å².